The molecular weight excluding hydrogens is 286 g/mol. The third kappa shape index (κ3) is 3.56. The van der Waals surface area contributed by atoms with E-state index in [1.165, 1.54) is 0 Å². The molecule has 0 aliphatic carbocycles. The Morgan fingerprint density at radius 3 is 2.67 bits per heavy atom. The van der Waals surface area contributed by atoms with Crippen molar-refractivity contribution in [2.24, 2.45) is 0 Å². The Balaban J connectivity index is 2.31. The SMILES string of the molecule is CCCNc1ccccc1S(=O)(=O)N1CCN(C)CC1C. The fourth-order valence-corrected chi connectivity index (χ4v) is 4.49. The van der Waals surface area contributed by atoms with Crippen molar-refractivity contribution in [2.75, 3.05) is 38.5 Å². The van der Waals surface area contributed by atoms with Gasteiger partial charge in [-0.2, -0.15) is 4.31 Å². The summed E-state index contributed by atoms with van der Waals surface area (Å²) in [7, 11) is -1.43. The van der Waals surface area contributed by atoms with Crippen LogP contribution < -0.4 is 5.32 Å². The minimum absolute atomic E-state index is 0.00650. The maximum absolute atomic E-state index is 13.0. The molecule has 0 amide bonds. The van der Waals surface area contributed by atoms with Crippen LogP contribution in [0.3, 0.4) is 0 Å². The highest BCUT2D eigenvalue weighted by Gasteiger charge is 2.33. The van der Waals surface area contributed by atoms with Gasteiger partial charge >= 0.3 is 0 Å². The largest absolute Gasteiger partial charge is 0.384 e. The van der Waals surface area contributed by atoms with Crippen LogP contribution in [0.15, 0.2) is 29.2 Å². The molecule has 5 nitrogen and oxygen atoms in total. The zero-order chi connectivity index (χ0) is 15.5. The van der Waals surface area contributed by atoms with E-state index in [0.717, 1.165) is 26.1 Å². The van der Waals surface area contributed by atoms with Crippen LogP contribution in [0, 0.1) is 0 Å². The van der Waals surface area contributed by atoms with Gasteiger partial charge in [0.15, 0.2) is 0 Å². The maximum Gasteiger partial charge on any atom is 0.245 e. The van der Waals surface area contributed by atoms with Gasteiger partial charge in [0.05, 0.1) is 5.69 Å². The molecule has 1 aromatic carbocycles. The van der Waals surface area contributed by atoms with E-state index < -0.39 is 10.0 Å². The molecule has 0 aromatic heterocycles. The topological polar surface area (TPSA) is 52.7 Å². The first-order chi connectivity index (χ1) is 9.96. The molecule has 1 aromatic rings. The Bertz CT molecular complexity index is 574. The highest BCUT2D eigenvalue weighted by molar-refractivity contribution is 7.89. The molecule has 0 bridgehead atoms. The standard InChI is InChI=1S/C15H25N3O2S/c1-4-9-16-14-7-5-6-8-15(14)21(19,20)18-11-10-17(3)12-13(18)2/h5-8,13,16H,4,9-12H2,1-3H3. The minimum atomic E-state index is -3.45. The lowest BCUT2D eigenvalue weighted by atomic mass is 10.2. The van der Waals surface area contributed by atoms with Crippen LogP contribution in [0.25, 0.3) is 0 Å². The number of piperazine rings is 1. The quantitative estimate of drug-likeness (QED) is 0.901. The summed E-state index contributed by atoms with van der Waals surface area (Å²) >= 11 is 0. The second kappa shape index (κ2) is 6.77. The van der Waals surface area contributed by atoms with E-state index in [2.05, 4.69) is 17.1 Å². The first kappa shape index (κ1) is 16.3. The average molecular weight is 311 g/mol. The molecule has 1 fully saturated rings. The van der Waals surface area contributed by atoms with Gasteiger partial charge in [-0.3, -0.25) is 0 Å². The number of likely N-dealkylation sites (N-methyl/N-ethyl adjacent to an activating group) is 1. The molecule has 21 heavy (non-hydrogen) atoms. The van der Waals surface area contributed by atoms with Gasteiger partial charge in [-0.25, -0.2) is 8.42 Å². The Morgan fingerprint density at radius 2 is 2.00 bits per heavy atom. The molecular formula is C15H25N3O2S. The van der Waals surface area contributed by atoms with E-state index in [1.807, 2.05) is 26.1 Å². The van der Waals surface area contributed by atoms with Gasteiger partial charge < -0.3 is 10.2 Å². The first-order valence-electron chi connectivity index (χ1n) is 7.50. The number of rotatable bonds is 5. The number of nitrogens with zero attached hydrogens (tertiary/aromatic N) is 2. The van der Waals surface area contributed by atoms with Crippen molar-refractivity contribution in [2.45, 2.75) is 31.2 Å². The van der Waals surface area contributed by atoms with E-state index in [1.54, 1.807) is 16.4 Å². The predicted molar refractivity (Wildman–Crippen MR) is 86.1 cm³/mol. The normalized spacial score (nSPS) is 21.4. The second-order valence-electron chi connectivity index (χ2n) is 5.65. The van der Waals surface area contributed by atoms with Gasteiger partial charge in [0.1, 0.15) is 4.90 Å². The number of hydrogen-bond acceptors (Lipinski definition) is 4. The summed E-state index contributed by atoms with van der Waals surface area (Å²) < 4.78 is 27.5. The van der Waals surface area contributed by atoms with Crippen molar-refractivity contribution in [3.05, 3.63) is 24.3 Å². The van der Waals surface area contributed by atoms with Gasteiger partial charge in [-0.05, 0) is 32.5 Å². The smallest absolute Gasteiger partial charge is 0.245 e. The molecule has 1 heterocycles. The van der Waals surface area contributed by atoms with Crippen LogP contribution in [-0.2, 0) is 10.0 Å². The Morgan fingerprint density at radius 1 is 1.29 bits per heavy atom. The van der Waals surface area contributed by atoms with E-state index in [4.69, 9.17) is 0 Å². The molecule has 6 heteroatoms. The average Bonchev–Trinajstić information content (AvgIpc) is 2.45. The lowest BCUT2D eigenvalue weighted by Gasteiger charge is -2.37. The van der Waals surface area contributed by atoms with Gasteiger partial charge in [-0.1, -0.05) is 19.1 Å². The van der Waals surface area contributed by atoms with Crippen LogP contribution in [0.2, 0.25) is 0 Å². The molecule has 118 valence electrons. The summed E-state index contributed by atoms with van der Waals surface area (Å²) in [5, 5.41) is 3.22. The lowest BCUT2D eigenvalue weighted by Crippen LogP contribution is -2.52. The fraction of sp³-hybridized carbons (Fsp3) is 0.600. The van der Waals surface area contributed by atoms with Crippen molar-refractivity contribution in [1.29, 1.82) is 0 Å². The molecule has 1 aliphatic rings. The van der Waals surface area contributed by atoms with Crippen LogP contribution in [0.4, 0.5) is 5.69 Å². The van der Waals surface area contributed by atoms with Crippen LogP contribution >= 0.6 is 0 Å². The number of nitrogens with one attached hydrogen (secondary N) is 1. The monoisotopic (exact) mass is 311 g/mol. The molecule has 1 aliphatic heterocycles. The van der Waals surface area contributed by atoms with E-state index in [0.29, 0.717) is 17.1 Å². The van der Waals surface area contributed by atoms with Gasteiger partial charge in [0.2, 0.25) is 10.0 Å². The third-order valence-corrected chi connectivity index (χ3v) is 5.88. The number of hydrogen-bond donors (Lipinski definition) is 1. The van der Waals surface area contributed by atoms with Crippen molar-refractivity contribution < 1.29 is 8.42 Å². The molecule has 1 atom stereocenters. The van der Waals surface area contributed by atoms with Crippen molar-refractivity contribution in [3.8, 4) is 0 Å². The molecule has 1 saturated heterocycles. The van der Waals surface area contributed by atoms with Crippen molar-refractivity contribution >= 4 is 15.7 Å². The summed E-state index contributed by atoms with van der Waals surface area (Å²) in [6.07, 6.45) is 0.958. The van der Waals surface area contributed by atoms with Crippen LogP contribution in [-0.4, -0.2) is 56.9 Å². The molecule has 1 N–H and O–H groups in total. The summed E-state index contributed by atoms with van der Waals surface area (Å²) in [5.74, 6) is 0. The van der Waals surface area contributed by atoms with Crippen molar-refractivity contribution in [3.63, 3.8) is 0 Å². The van der Waals surface area contributed by atoms with E-state index in [9.17, 15) is 8.42 Å². The Labute approximate surface area is 128 Å². The Kier molecular flexibility index (Phi) is 5.24. The predicted octanol–water partition coefficient (Wildman–Crippen LogP) is 1.83. The number of para-hydroxylation sites is 1. The Hall–Kier alpha value is -1.11. The van der Waals surface area contributed by atoms with E-state index in [-0.39, 0.29) is 6.04 Å². The van der Waals surface area contributed by atoms with E-state index >= 15 is 0 Å². The maximum atomic E-state index is 13.0. The summed E-state index contributed by atoms with van der Waals surface area (Å²) in [6, 6.07) is 7.17. The number of sulfonamides is 1. The molecule has 2 rings (SSSR count). The highest BCUT2D eigenvalue weighted by atomic mass is 32.2. The van der Waals surface area contributed by atoms with Gasteiger partial charge in [-0.15, -0.1) is 0 Å². The molecule has 0 radical (unpaired) electrons. The zero-order valence-corrected chi connectivity index (χ0v) is 13.9. The molecule has 0 spiro atoms. The fourth-order valence-electron chi connectivity index (χ4n) is 2.70. The molecule has 1 unspecified atom stereocenters. The first-order valence-corrected chi connectivity index (χ1v) is 8.94. The van der Waals surface area contributed by atoms with Crippen LogP contribution in [0.5, 0.6) is 0 Å². The van der Waals surface area contributed by atoms with Crippen LogP contribution in [0.1, 0.15) is 20.3 Å². The van der Waals surface area contributed by atoms with Crippen molar-refractivity contribution in [1.82, 2.24) is 9.21 Å². The lowest BCUT2D eigenvalue weighted by molar-refractivity contribution is 0.170. The highest BCUT2D eigenvalue weighted by Crippen LogP contribution is 2.27. The zero-order valence-electron chi connectivity index (χ0n) is 13.0. The number of anilines is 1. The van der Waals surface area contributed by atoms with Gasteiger partial charge in [0.25, 0.3) is 0 Å². The molecule has 0 saturated carbocycles. The third-order valence-electron chi connectivity index (χ3n) is 3.81. The van der Waals surface area contributed by atoms with Gasteiger partial charge in [0, 0.05) is 32.2 Å². The summed E-state index contributed by atoms with van der Waals surface area (Å²) in [4.78, 5) is 2.55. The second-order valence-corrected chi connectivity index (χ2v) is 7.51. The summed E-state index contributed by atoms with van der Waals surface area (Å²) in [5.41, 5.74) is 0.700. The summed E-state index contributed by atoms with van der Waals surface area (Å²) in [6.45, 7) is 6.88. The minimum Gasteiger partial charge on any atom is -0.384 e. The number of benzene rings is 1.